The van der Waals surface area contributed by atoms with Crippen LogP contribution < -0.4 is 5.32 Å². The van der Waals surface area contributed by atoms with Crippen LogP contribution in [-0.2, 0) is 0 Å². The Balaban J connectivity index is 2.73. The molecule has 1 aromatic carbocycles. The maximum atomic E-state index is 10.3. The molecule has 0 aliphatic heterocycles. The van der Waals surface area contributed by atoms with Gasteiger partial charge in [0, 0.05) is 0 Å². The average Bonchev–Trinajstić information content (AvgIpc) is 2.15. The molecule has 1 unspecified atom stereocenters. The van der Waals surface area contributed by atoms with Crippen molar-refractivity contribution in [1.82, 2.24) is 5.32 Å². The minimum absolute atomic E-state index is 0.240. The Kier molecular flexibility index (Phi) is 3.28. The van der Waals surface area contributed by atoms with Gasteiger partial charge in [-0.3, -0.25) is 0 Å². The highest BCUT2D eigenvalue weighted by Gasteiger charge is 2.11. The van der Waals surface area contributed by atoms with Crippen LogP contribution in [0.1, 0.15) is 11.6 Å². The summed E-state index contributed by atoms with van der Waals surface area (Å²) in [6, 6.07) is 8.40. The summed E-state index contributed by atoms with van der Waals surface area (Å²) in [6.45, 7) is -0.240. The molecule has 1 amide bonds. The lowest BCUT2D eigenvalue weighted by Crippen LogP contribution is -2.29. The quantitative estimate of drug-likeness (QED) is 0.651. The van der Waals surface area contributed by atoms with Crippen LogP contribution in [0.3, 0.4) is 0 Å². The lowest BCUT2D eigenvalue weighted by Gasteiger charge is -2.13. The maximum Gasteiger partial charge on any atom is 0.405 e. The number of nitrogens with one attached hydrogen (secondary N) is 1. The molecule has 0 bridgehead atoms. The molecule has 4 heteroatoms. The Morgan fingerprint density at radius 2 is 2.00 bits per heavy atom. The van der Waals surface area contributed by atoms with Gasteiger partial charge in [-0.15, -0.1) is 0 Å². The Morgan fingerprint density at radius 1 is 1.38 bits per heavy atom. The third-order valence-corrected chi connectivity index (χ3v) is 1.68. The second-order valence-electron chi connectivity index (χ2n) is 2.60. The van der Waals surface area contributed by atoms with E-state index in [1.807, 2.05) is 6.07 Å². The first-order valence-electron chi connectivity index (χ1n) is 3.89. The van der Waals surface area contributed by atoms with Gasteiger partial charge in [0.05, 0.1) is 12.6 Å². The third-order valence-electron chi connectivity index (χ3n) is 1.68. The minimum Gasteiger partial charge on any atom is -0.465 e. The molecule has 0 saturated carbocycles. The van der Waals surface area contributed by atoms with Gasteiger partial charge in [0.25, 0.3) is 0 Å². The van der Waals surface area contributed by atoms with Crippen LogP contribution in [0.15, 0.2) is 30.3 Å². The Bertz CT molecular complexity index is 273. The van der Waals surface area contributed by atoms with Crippen LogP contribution in [0.2, 0.25) is 0 Å². The van der Waals surface area contributed by atoms with Crippen molar-refractivity contribution in [2.75, 3.05) is 6.61 Å². The Hall–Kier alpha value is -1.55. The van der Waals surface area contributed by atoms with Gasteiger partial charge >= 0.3 is 6.09 Å². The summed E-state index contributed by atoms with van der Waals surface area (Å²) >= 11 is 0. The number of hydrogen-bond donors (Lipinski definition) is 3. The van der Waals surface area contributed by atoms with Crippen molar-refractivity contribution in [2.24, 2.45) is 0 Å². The highest BCUT2D eigenvalue weighted by atomic mass is 16.4. The molecule has 0 heterocycles. The predicted octanol–water partition coefficient (Wildman–Crippen LogP) is 0.988. The van der Waals surface area contributed by atoms with E-state index >= 15 is 0 Å². The van der Waals surface area contributed by atoms with Crippen molar-refractivity contribution in [3.8, 4) is 0 Å². The van der Waals surface area contributed by atoms with Crippen molar-refractivity contribution in [1.29, 1.82) is 0 Å². The summed E-state index contributed by atoms with van der Waals surface area (Å²) in [5.41, 5.74) is 0.757. The molecule has 13 heavy (non-hydrogen) atoms. The predicted molar refractivity (Wildman–Crippen MR) is 47.4 cm³/mol. The van der Waals surface area contributed by atoms with Crippen molar-refractivity contribution in [3.05, 3.63) is 35.9 Å². The minimum atomic E-state index is -1.14. The second-order valence-corrected chi connectivity index (χ2v) is 2.60. The summed E-state index contributed by atoms with van der Waals surface area (Å²) in [4.78, 5) is 10.3. The largest absolute Gasteiger partial charge is 0.465 e. The van der Waals surface area contributed by atoms with Crippen molar-refractivity contribution >= 4 is 6.09 Å². The highest BCUT2D eigenvalue weighted by Crippen LogP contribution is 2.10. The van der Waals surface area contributed by atoms with Gasteiger partial charge in [0.1, 0.15) is 0 Å². The van der Waals surface area contributed by atoms with Gasteiger partial charge < -0.3 is 15.5 Å². The molecule has 1 atom stereocenters. The number of hydrogen-bond acceptors (Lipinski definition) is 2. The molecule has 0 fully saturated rings. The van der Waals surface area contributed by atoms with E-state index in [2.05, 4.69) is 5.32 Å². The first-order chi connectivity index (χ1) is 6.24. The van der Waals surface area contributed by atoms with E-state index in [1.54, 1.807) is 24.3 Å². The zero-order chi connectivity index (χ0) is 9.68. The lowest BCUT2D eigenvalue weighted by molar-refractivity contribution is 0.177. The number of aliphatic hydroxyl groups excluding tert-OH is 1. The van der Waals surface area contributed by atoms with E-state index in [-0.39, 0.29) is 6.61 Å². The van der Waals surface area contributed by atoms with Gasteiger partial charge in [0.15, 0.2) is 0 Å². The van der Waals surface area contributed by atoms with E-state index < -0.39 is 12.1 Å². The Labute approximate surface area is 75.8 Å². The van der Waals surface area contributed by atoms with Gasteiger partial charge in [-0.1, -0.05) is 30.3 Å². The Morgan fingerprint density at radius 3 is 2.46 bits per heavy atom. The number of benzene rings is 1. The fourth-order valence-corrected chi connectivity index (χ4v) is 1.07. The smallest absolute Gasteiger partial charge is 0.405 e. The summed E-state index contributed by atoms with van der Waals surface area (Å²) in [7, 11) is 0. The van der Waals surface area contributed by atoms with Crippen LogP contribution in [0.4, 0.5) is 4.79 Å². The van der Waals surface area contributed by atoms with E-state index in [9.17, 15) is 4.79 Å². The summed E-state index contributed by atoms with van der Waals surface area (Å²) in [5.74, 6) is 0. The van der Waals surface area contributed by atoms with Crippen molar-refractivity contribution in [2.45, 2.75) is 6.04 Å². The molecule has 0 spiro atoms. The summed E-state index contributed by atoms with van der Waals surface area (Å²) < 4.78 is 0. The molecule has 0 aliphatic rings. The molecule has 0 radical (unpaired) electrons. The van der Waals surface area contributed by atoms with Crippen LogP contribution >= 0.6 is 0 Å². The van der Waals surface area contributed by atoms with E-state index in [4.69, 9.17) is 10.2 Å². The molecule has 70 valence electrons. The number of carbonyl (C=O) groups is 1. The molecule has 0 saturated heterocycles. The zero-order valence-corrected chi connectivity index (χ0v) is 6.97. The fourth-order valence-electron chi connectivity index (χ4n) is 1.07. The highest BCUT2D eigenvalue weighted by molar-refractivity contribution is 5.65. The number of aliphatic hydroxyl groups is 1. The average molecular weight is 181 g/mol. The topological polar surface area (TPSA) is 69.6 Å². The van der Waals surface area contributed by atoms with Crippen LogP contribution in [0.5, 0.6) is 0 Å². The van der Waals surface area contributed by atoms with Crippen LogP contribution in [-0.4, -0.2) is 22.9 Å². The lowest BCUT2D eigenvalue weighted by atomic mass is 10.1. The molecule has 0 aliphatic carbocycles. The van der Waals surface area contributed by atoms with Crippen LogP contribution in [0, 0.1) is 0 Å². The summed E-state index contributed by atoms with van der Waals surface area (Å²) in [5, 5.41) is 19.6. The molecule has 3 N–H and O–H groups in total. The van der Waals surface area contributed by atoms with Gasteiger partial charge in [-0.05, 0) is 5.56 Å². The fraction of sp³-hybridized carbons (Fsp3) is 0.222. The van der Waals surface area contributed by atoms with E-state index in [1.165, 1.54) is 0 Å². The molecule has 4 nitrogen and oxygen atoms in total. The van der Waals surface area contributed by atoms with E-state index in [0.29, 0.717) is 0 Å². The standard InChI is InChI=1S/C9H11NO3/c11-6-8(10-9(12)13)7-4-2-1-3-5-7/h1-5,8,10-11H,6H2,(H,12,13). The van der Waals surface area contributed by atoms with Crippen molar-refractivity contribution in [3.63, 3.8) is 0 Å². The van der Waals surface area contributed by atoms with Gasteiger partial charge in [-0.2, -0.15) is 0 Å². The van der Waals surface area contributed by atoms with Crippen molar-refractivity contribution < 1.29 is 15.0 Å². The molecular formula is C9H11NO3. The summed E-state index contributed by atoms with van der Waals surface area (Å²) in [6.07, 6.45) is -1.14. The molecule has 1 aromatic rings. The SMILES string of the molecule is O=C(O)NC(CO)c1ccccc1. The second kappa shape index (κ2) is 4.47. The molecular weight excluding hydrogens is 170 g/mol. The van der Waals surface area contributed by atoms with Gasteiger partial charge in [0.2, 0.25) is 0 Å². The maximum absolute atomic E-state index is 10.3. The zero-order valence-electron chi connectivity index (χ0n) is 6.97. The normalized spacial score (nSPS) is 12.1. The van der Waals surface area contributed by atoms with Crippen LogP contribution in [0.25, 0.3) is 0 Å². The molecule has 1 rings (SSSR count). The van der Waals surface area contributed by atoms with Gasteiger partial charge in [-0.25, -0.2) is 4.79 Å². The molecule has 0 aromatic heterocycles. The first-order valence-corrected chi connectivity index (χ1v) is 3.89. The number of carboxylic acid groups (broad SMARTS) is 1. The third kappa shape index (κ3) is 2.76. The van der Waals surface area contributed by atoms with E-state index in [0.717, 1.165) is 5.56 Å². The number of rotatable bonds is 3. The first kappa shape index (κ1) is 9.54. The monoisotopic (exact) mass is 181 g/mol. The number of amides is 1.